The summed E-state index contributed by atoms with van der Waals surface area (Å²) in [5.74, 6) is -1.41. The van der Waals surface area contributed by atoms with E-state index in [1.165, 1.54) is 18.2 Å². The fraction of sp³-hybridized carbons (Fsp3) is 0.158. The van der Waals surface area contributed by atoms with Gasteiger partial charge >= 0.3 is 0 Å². The third-order valence-corrected chi connectivity index (χ3v) is 5.09. The maximum atomic E-state index is 14.3. The number of hydrogen-bond acceptors (Lipinski definition) is 4. The van der Waals surface area contributed by atoms with Crippen LogP contribution in [-0.2, 0) is 6.54 Å². The maximum Gasteiger partial charge on any atom is 0.271 e. The Hall–Kier alpha value is -2.87. The Labute approximate surface area is 158 Å². The predicted molar refractivity (Wildman–Crippen MR) is 101 cm³/mol. The first-order chi connectivity index (χ1) is 13.1. The van der Waals surface area contributed by atoms with E-state index < -0.39 is 11.6 Å². The molecule has 0 saturated heterocycles. The van der Waals surface area contributed by atoms with Gasteiger partial charge in [0.2, 0.25) is 0 Å². The number of fused-ring (bicyclic) bond motifs is 1. The molecule has 0 radical (unpaired) electrons. The maximum absolute atomic E-state index is 14.3. The lowest BCUT2D eigenvalue weighted by Crippen LogP contribution is -2.35. The summed E-state index contributed by atoms with van der Waals surface area (Å²) >= 11 is 1.62. The zero-order valence-electron chi connectivity index (χ0n) is 14.4. The molecule has 1 aliphatic heterocycles. The zero-order valence-corrected chi connectivity index (χ0v) is 15.2. The van der Waals surface area contributed by atoms with Gasteiger partial charge in [0, 0.05) is 23.7 Å². The molecule has 1 aliphatic rings. The highest BCUT2D eigenvalue weighted by molar-refractivity contribution is 7.98. The minimum atomic E-state index is -0.718. The van der Waals surface area contributed by atoms with E-state index >= 15 is 0 Å². The van der Waals surface area contributed by atoms with Crippen LogP contribution in [0.1, 0.15) is 10.5 Å². The van der Waals surface area contributed by atoms with Gasteiger partial charge in [-0.3, -0.25) is 4.79 Å². The largest absolute Gasteiger partial charge is 0.349 e. The number of hydrogen-bond donors (Lipinski definition) is 2. The highest BCUT2D eigenvalue weighted by atomic mass is 32.2. The summed E-state index contributed by atoms with van der Waals surface area (Å²) < 4.78 is 30.2. The molecule has 0 bridgehead atoms. The lowest BCUT2D eigenvalue weighted by Gasteiger charge is -2.18. The van der Waals surface area contributed by atoms with Crippen LogP contribution in [0.25, 0.3) is 11.4 Å². The number of aromatic nitrogens is 2. The molecule has 0 spiro atoms. The lowest BCUT2D eigenvalue weighted by molar-refractivity contribution is 0.0929. The summed E-state index contributed by atoms with van der Waals surface area (Å²) in [6, 6.07) is 11.3. The molecule has 2 aromatic carbocycles. The van der Waals surface area contributed by atoms with E-state index in [0.717, 1.165) is 10.6 Å². The van der Waals surface area contributed by atoms with Gasteiger partial charge in [0.25, 0.3) is 5.91 Å². The summed E-state index contributed by atoms with van der Waals surface area (Å²) in [6.07, 6.45) is 1.98. The molecule has 3 aromatic rings. The molecule has 5 nitrogen and oxygen atoms in total. The number of carbonyl (C=O) groups excluding carboxylic acids is 1. The van der Waals surface area contributed by atoms with E-state index in [9.17, 15) is 13.6 Å². The molecule has 2 heterocycles. The number of halogens is 2. The number of imidazole rings is 1. The van der Waals surface area contributed by atoms with Gasteiger partial charge in [0.05, 0.1) is 5.56 Å². The van der Waals surface area contributed by atoms with Crippen molar-refractivity contribution in [3.8, 4) is 11.4 Å². The molecule has 138 valence electrons. The first-order valence-electron chi connectivity index (χ1n) is 8.32. The normalized spacial score (nSPS) is 13.2. The van der Waals surface area contributed by atoms with Crippen molar-refractivity contribution in [2.45, 2.75) is 11.4 Å². The van der Waals surface area contributed by atoms with E-state index in [1.807, 2.05) is 30.5 Å². The lowest BCUT2D eigenvalue weighted by atomic mass is 10.2. The Bertz CT molecular complexity index is 997. The fourth-order valence-electron chi connectivity index (χ4n) is 3.07. The first-order valence-corrected chi connectivity index (χ1v) is 9.55. The second-order valence-electron chi connectivity index (χ2n) is 5.99. The second kappa shape index (κ2) is 7.03. The number of rotatable bonds is 4. The van der Waals surface area contributed by atoms with Gasteiger partial charge in [-0.2, -0.15) is 0 Å². The van der Waals surface area contributed by atoms with Crippen LogP contribution in [0.4, 0.5) is 20.3 Å². The van der Waals surface area contributed by atoms with Crippen molar-refractivity contribution in [3.05, 3.63) is 59.8 Å². The highest BCUT2D eigenvalue weighted by Gasteiger charge is 2.29. The van der Waals surface area contributed by atoms with Crippen molar-refractivity contribution in [1.82, 2.24) is 14.9 Å². The van der Waals surface area contributed by atoms with Crippen LogP contribution in [0.15, 0.2) is 47.4 Å². The predicted octanol–water partition coefficient (Wildman–Crippen LogP) is 4.04. The van der Waals surface area contributed by atoms with Gasteiger partial charge < -0.3 is 15.2 Å². The van der Waals surface area contributed by atoms with Crippen LogP contribution in [0.2, 0.25) is 0 Å². The van der Waals surface area contributed by atoms with E-state index in [4.69, 9.17) is 0 Å². The number of benzene rings is 2. The van der Waals surface area contributed by atoms with Crippen molar-refractivity contribution in [2.24, 2.45) is 0 Å². The van der Waals surface area contributed by atoms with E-state index in [2.05, 4.69) is 15.6 Å². The molecule has 0 fully saturated rings. The van der Waals surface area contributed by atoms with Gasteiger partial charge in [0.1, 0.15) is 17.5 Å². The molecule has 0 unspecified atom stereocenters. The number of nitrogens with zero attached hydrogens (tertiary/aromatic N) is 2. The standard InChI is InChI=1S/C19H16F2N4OS/c1-27-12-7-5-11(6-8-12)23-17-16-19(26)22-9-10-25(16)18(24-17)15-13(20)3-2-4-14(15)21/h2-8,23H,9-10H2,1H3,(H,22,26). The Balaban J connectivity index is 1.82. The van der Waals surface area contributed by atoms with Gasteiger partial charge in [-0.15, -0.1) is 11.8 Å². The van der Waals surface area contributed by atoms with Gasteiger partial charge in [-0.25, -0.2) is 13.8 Å². The number of thioether (sulfide) groups is 1. The number of nitrogens with one attached hydrogen (secondary N) is 2. The smallest absolute Gasteiger partial charge is 0.271 e. The van der Waals surface area contributed by atoms with Crippen LogP contribution < -0.4 is 10.6 Å². The molecule has 0 saturated carbocycles. The van der Waals surface area contributed by atoms with Gasteiger partial charge in [-0.1, -0.05) is 6.07 Å². The molecular formula is C19H16F2N4OS. The zero-order chi connectivity index (χ0) is 19.0. The minimum absolute atomic E-state index is 0.0960. The average Bonchev–Trinajstić information content (AvgIpc) is 3.02. The van der Waals surface area contributed by atoms with Crippen LogP contribution in [0.5, 0.6) is 0 Å². The van der Waals surface area contributed by atoms with Crippen molar-refractivity contribution >= 4 is 29.2 Å². The van der Waals surface area contributed by atoms with Gasteiger partial charge in [0.15, 0.2) is 11.5 Å². The van der Waals surface area contributed by atoms with Crippen LogP contribution in [0.3, 0.4) is 0 Å². The van der Waals surface area contributed by atoms with Crippen LogP contribution in [0, 0.1) is 11.6 Å². The second-order valence-corrected chi connectivity index (χ2v) is 6.87. The molecule has 1 aromatic heterocycles. The summed E-state index contributed by atoms with van der Waals surface area (Å²) in [7, 11) is 0. The Kier molecular flexibility index (Phi) is 4.57. The fourth-order valence-corrected chi connectivity index (χ4v) is 3.47. The monoisotopic (exact) mass is 386 g/mol. The number of anilines is 2. The molecule has 0 aliphatic carbocycles. The third-order valence-electron chi connectivity index (χ3n) is 4.34. The summed E-state index contributed by atoms with van der Waals surface area (Å²) in [6.45, 7) is 0.747. The Morgan fingerprint density at radius 1 is 1.15 bits per heavy atom. The molecular weight excluding hydrogens is 370 g/mol. The van der Waals surface area contributed by atoms with E-state index in [1.54, 1.807) is 16.3 Å². The summed E-state index contributed by atoms with van der Waals surface area (Å²) in [5, 5.41) is 5.84. The molecule has 0 atom stereocenters. The summed E-state index contributed by atoms with van der Waals surface area (Å²) in [5.41, 5.74) is 0.750. The molecule has 27 heavy (non-hydrogen) atoms. The molecule has 4 rings (SSSR count). The van der Waals surface area contributed by atoms with Crippen molar-refractivity contribution in [1.29, 1.82) is 0 Å². The summed E-state index contributed by atoms with van der Waals surface area (Å²) in [4.78, 5) is 17.9. The molecule has 1 amide bonds. The minimum Gasteiger partial charge on any atom is -0.349 e. The van der Waals surface area contributed by atoms with Crippen molar-refractivity contribution < 1.29 is 13.6 Å². The Morgan fingerprint density at radius 3 is 2.52 bits per heavy atom. The van der Waals surface area contributed by atoms with Crippen LogP contribution in [-0.4, -0.2) is 28.3 Å². The topological polar surface area (TPSA) is 59.0 Å². The Morgan fingerprint density at radius 2 is 1.85 bits per heavy atom. The van der Waals surface area contributed by atoms with E-state index in [-0.39, 0.29) is 28.8 Å². The number of amides is 1. The molecule has 2 N–H and O–H groups in total. The molecule has 8 heteroatoms. The van der Waals surface area contributed by atoms with Crippen LogP contribution >= 0.6 is 11.8 Å². The highest BCUT2D eigenvalue weighted by Crippen LogP contribution is 2.32. The van der Waals surface area contributed by atoms with Gasteiger partial charge in [-0.05, 0) is 42.7 Å². The third kappa shape index (κ3) is 3.16. The van der Waals surface area contributed by atoms with Crippen molar-refractivity contribution in [2.75, 3.05) is 18.1 Å². The van der Waals surface area contributed by atoms with Crippen molar-refractivity contribution in [3.63, 3.8) is 0 Å². The SMILES string of the molecule is CSc1ccc(Nc2nc(-c3c(F)cccc3F)n3c2C(=O)NCC3)cc1. The first kappa shape index (κ1) is 17.5. The number of carbonyl (C=O) groups is 1. The van der Waals surface area contributed by atoms with E-state index in [0.29, 0.717) is 13.1 Å². The average molecular weight is 386 g/mol. The quantitative estimate of drug-likeness (QED) is 0.665.